The fourth-order valence-corrected chi connectivity index (χ4v) is 3.37. The largest absolute Gasteiger partial charge is 0.378 e. The first-order valence-corrected chi connectivity index (χ1v) is 7.95. The molecule has 2 heterocycles. The molecule has 20 heavy (non-hydrogen) atoms. The summed E-state index contributed by atoms with van der Waals surface area (Å²) in [5.41, 5.74) is 2.30. The highest BCUT2D eigenvalue weighted by Crippen LogP contribution is 2.22. The van der Waals surface area contributed by atoms with E-state index in [1.807, 2.05) is 35.3 Å². The Balaban J connectivity index is 1.59. The summed E-state index contributed by atoms with van der Waals surface area (Å²) >= 11 is 5.22. The van der Waals surface area contributed by atoms with Gasteiger partial charge in [0.25, 0.3) is 0 Å². The second kappa shape index (κ2) is 6.24. The molecule has 0 aliphatic heterocycles. The van der Waals surface area contributed by atoms with Crippen LogP contribution in [-0.2, 0) is 13.1 Å². The number of nitrogens with zero attached hydrogens (tertiary/aromatic N) is 2. The molecule has 0 spiro atoms. The van der Waals surface area contributed by atoms with Crippen LogP contribution in [0.25, 0.3) is 0 Å². The minimum Gasteiger partial charge on any atom is -0.378 e. The van der Waals surface area contributed by atoms with Gasteiger partial charge in [0.05, 0.1) is 22.2 Å². The van der Waals surface area contributed by atoms with Crippen molar-refractivity contribution in [2.75, 3.05) is 5.32 Å². The van der Waals surface area contributed by atoms with Crippen molar-refractivity contribution in [2.45, 2.75) is 13.1 Å². The van der Waals surface area contributed by atoms with E-state index in [1.165, 1.54) is 10.4 Å². The van der Waals surface area contributed by atoms with Crippen LogP contribution in [0.2, 0.25) is 0 Å². The highest BCUT2D eigenvalue weighted by molar-refractivity contribution is 9.11. The third kappa shape index (κ3) is 3.49. The average molecular weight is 348 g/mol. The summed E-state index contributed by atoms with van der Waals surface area (Å²) in [6.07, 6.45) is 3.90. The zero-order valence-corrected chi connectivity index (χ0v) is 13.2. The van der Waals surface area contributed by atoms with Crippen molar-refractivity contribution in [2.24, 2.45) is 0 Å². The van der Waals surface area contributed by atoms with E-state index >= 15 is 0 Å². The molecule has 0 fully saturated rings. The van der Waals surface area contributed by atoms with Gasteiger partial charge in [-0.15, -0.1) is 11.3 Å². The lowest BCUT2D eigenvalue weighted by Gasteiger charge is -2.02. The summed E-state index contributed by atoms with van der Waals surface area (Å²) < 4.78 is 3.11. The minimum atomic E-state index is 0.799. The van der Waals surface area contributed by atoms with Crippen molar-refractivity contribution in [3.05, 3.63) is 69.1 Å². The van der Waals surface area contributed by atoms with Crippen molar-refractivity contribution >= 4 is 33.0 Å². The Labute approximate surface area is 130 Å². The summed E-state index contributed by atoms with van der Waals surface area (Å²) in [4.78, 5) is 1.30. The highest BCUT2D eigenvalue weighted by atomic mass is 79.9. The minimum absolute atomic E-state index is 0.799. The number of hydrogen-bond acceptors (Lipinski definition) is 3. The van der Waals surface area contributed by atoms with Crippen LogP contribution in [0.3, 0.4) is 0 Å². The molecule has 0 saturated heterocycles. The van der Waals surface area contributed by atoms with Crippen LogP contribution in [0.15, 0.2) is 58.6 Å². The lowest BCUT2D eigenvalue weighted by Crippen LogP contribution is -2.00. The third-order valence-corrected chi connectivity index (χ3v) is 4.54. The second-order valence-corrected chi connectivity index (χ2v) is 7.02. The molecule has 0 unspecified atom stereocenters. The van der Waals surface area contributed by atoms with Crippen molar-refractivity contribution in [1.29, 1.82) is 0 Å². The Morgan fingerprint density at radius 3 is 2.75 bits per heavy atom. The Bertz CT molecular complexity index is 675. The molecule has 3 nitrogen and oxygen atoms in total. The van der Waals surface area contributed by atoms with Gasteiger partial charge in [-0.25, -0.2) is 0 Å². The first-order valence-electron chi connectivity index (χ1n) is 6.34. The number of aromatic nitrogens is 2. The molecule has 0 aliphatic carbocycles. The molecule has 102 valence electrons. The molecule has 0 bridgehead atoms. The first kappa shape index (κ1) is 13.4. The van der Waals surface area contributed by atoms with Crippen LogP contribution in [0.1, 0.15) is 10.4 Å². The number of thiophene rings is 1. The monoisotopic (exact) mass is 347 g/mol. The van der Waals surface area contributed by atoms with Crippen LogP contribution < -0.4 is 5.32 Å². The van der Waals surface area contributed by atoms with Gasteiger partial charge in [0, 0.05) is 17.6 Å². The van der Waals surface area contributed by atoms with Gasteiger partial charge in [-0.05, 0) is 33.6 Å². The number of rotatable bonds is 5. The maximum Gasteiger partial charge on any atom is 0.0729 e. The summed E-state index contributed by atoms with van der Waals surface area (Å²) in [7, 11) is 0. The molecular formula is C15H14BrN3S. The smallest absolute Gasteiger partial charge is 0.0729 e. The number of halogens is 1. The molecule has 0 aliphatic rings. The van der Waals surface area contributed by atoms with E-state index in [9.17, 15) is 0 Å². The quantitative estimate of drug-likeness (QED) is 0.742. The average Bonchev–Trinajstić information content (AvgIpc) is 3.07. The van der Waals surface area contributed by atoms with Crippen molar-refractivity contribution < 1.29 is 0 Å². The maximum atomic E-state index is 4.38. The molecule has 0 saturated carbocycles. The van der Waals surface area contributed by atoms with Gasteiger partial charge in [0.15, 0.2) is 0 Å². The van der Waals surface area contributed by atoms with Crippen LogP contribution in [0.4, 0.5) is 5.69 Å². The topological polar surface area (TPSA) is 29.9 Å². The fourth-order valence-electron chi connectivity index (χ4n) is 1.95. The van der Waals surface area contributed by atoms with Gasteiger partial charge >= 0.3 is 0 Å². The second-order valence-electron chi connectivity index (χ2n) is 4.47. The van der Waals surface area contributed by atoms with Crippen LogP contribution >= 0.6 is 27.3 Å². The molecule has 0 atom stereocenters. The molecule has 0 amide bonds. The van der Waals surface area contributed by atoms with E-state index < -0.39 is 0 Å². The van der Waals surface area contributed by atoms with E-state index in [1.54, 1.807) is 11.3 Å². The molecule has 1 aromatic carbocycles. The predicted octanol–water partition coefficient (Wildman–Crippen LogP) is 4.37. The van der Waals surface area contributed by atoms with Gasteiger partial charge in [-0.3, -0.25) is 4.68 Å². The van der Waals surface area contributed by atoms with E-state index in [2.05, 4.69) is 50.6 Å². The van der Waals surface area contributed by atoms with Gasteiger partial charge in [0.2, 0.25) is 0 Å². The lowest BCUT2D eigenvalue weighted by molar-refractivity contribution is 0.687. The normalized spacial score (nSPS) is 10.7. The zero-order valence-electron chi connectivity index (χ0n) is 10.8. The molecule has 0 radical (unpaired) electrons. The van der Waals surface area contributed by atoms with E-state index in [-0.39, 0.29) is 0 Å². The van der Waals surface area contributed by atoms with Crippen LogP contribution in [0.5, 0.6) is 0 Å². The first-order chi connectivity index (χ1) is 9.79. The SMILES string of the molecule is Brc1ccc(CNc2cnn(Cc3ccccc3)c2)s1. The van der Waals surface area contributed by atoms with Crippen molar-refractivity contribution in [3.63, 3.8) is 0 Å². The fraction of sp³-hybridized carbons (Fsp3) is 0.133. The van der Waals surface area contributed by atoms with Gasteiger partial charge in [0.1, 0.15) is 0 Å². The summed E-state index contributed by atoms with van der Waals surface area (Å²) in [6.45, 7) is 1.63. The van der Waals surface area contributed by atoms with E-state index in [0.29, 0.717) is 0 Å². The Kier molecular flexibility index (Phi) is 4.18. The van der Waals surface area contributed by atoms with Crippen LogP contribution in [0, 0.1) is 0 Å². The lowest BCUT2D eigenvalue weighted by atomic mass is 10.2. The molecule has 3 aromatic rings. The van der Waals surface area contributed by atoms with Gasteiger partial charge in [-0.1, -0.05) is 30.3 Å². The van der Waals surface area contributed by atoms with E-state index in [4.69, 9.17) is 0 Å². The standard InChI is InChI=1S/C15H14BrN3S/c16-15-7-6-14(20-15)9-17-13-8-18-19(11-13)10-12-4-2-1-3-5-12/h1-8,11,17H,9-10H2. The Morgan fingerprint density at radius 2 is 2.00 bits per heavy atom. The summed E-state index contributed by atoms with van der Waals surface area (Å²) in [6, 6.07) is 14.5. The maximum absolute atomic E-state index is 4.38. The van der Waals surface area contributed by atoms with Crippen LogP contribution in [-0.4, -0.2) is 9.78 Å². The molecule has 1 N–H and O–H groups in total. The number of hydrogen-bond donors (Lipinski definition) is 1. The van der Waals surface area contributed by atoms with Gasteiger partial charge in [-0.2, -0.15) is 5.10 Å². The number of benzene rings is 1. The molecule has 3 rings (SSSR count). The molecular weight excluding hydrogens is 334 g/mol. The molecule has 2 aromatic heterocycles. The summed E-state index contributed by atoms with van der Waals surface area (Å²) in [5.74, 6) is 0. The number of anilines is 1. The zero-order chi connectivity index (χ0) is 13.8. The van der Waals surface area contributed by atoms with E-state index in [0.717, 1.165) is 22.6 Å². The van der Waals surface area contributed by atoms with Crippen molar-refractivity contribution in [1.82, 2.24) is 9.78 Å². The predicted molar refractivity (Wildman–Crippen MR) is 87.1 cm³/mol. The number of nitrogens with one attached hydrogen (secondary N) is 1. The van der Waals surface area contributed by atoms with Crippen molar-refractivity contribution in [3.8, 4) is 0 Å². The summed E-state index contributed by atoms with van der Waals surface area (Å²) in [5, 5.41) is 7.76. The molecule has 5 heteroatoms. The Morgan fingerprint density at radius 1 is 1.15 bits per heavy atom. The highest BCUT2D eigenvalue weighted by Gasteiger charge is 2.01. The van der Waals surface area contributed by atoms with Gasteiger partial charge < -0.3 is 5.32 Å². The third-order valence-electron chi connectivity index (χ3n) is 2.92. The Hall–Kier alpha value is -1.59.